The van der Waals surface area contributed by atoms with Crippen molar-refractivity contribution in [3.63, 3.8) is 0 Å². The van der Waals surface area contributed by atoms with Gasteiger partial charge in [-0.25, -0.2) is 0 Å². The Morgan fingerprint density at radius 3 is 1.44 bits per heavy atom. The monoisotopic (exact) mass is 366 g/mol. The fourth-order valence-corrected chi connectivity index (χ4v) is 7.19. The van der Waals surface area contributed by atoms with Gasteiger partial charge in [0, 0.05) is 0 Å². The van der Waals surface area contributed by atoms with E-state index in [2.05, 4.69) is 0 Å². The van der Waals surface area contributed by atoms with E-state index < -0.39 is 24.1 Å². The van der Waals surface area contributed by atoms with Gasteiger partial charge in [0.25, 0.3) is 0 Å². The second kappa shape index (κ2) is 8.98. The molecule has 0 radical (unpaired) electrons. The van der Waals surface area contributed by atoms with E-state index in [-0.39, 0.29) is 39.1 Å². The molecule has 6 nitrogen and oxygen atoms in total. The zero-order chi connectivity index (χ0) is 12.6. The van der Waals surface area contributed by atoms with Crippen LogP contribution in [0.15, 0.2) is 0 Å². The maximum atomic E-state index is 10.2. The maximum absolute atomic E-state index is 10.2. The van der Waals surface area contributed by atoms with Crippen molar-refractivity contribution >= 4 is 38.2 Å². The summed E-state index contributed by atoms with van der Waals surface area (Å²) in [6.07, 6.45) is -2.08. The molecule has 0 bridgehead atoms. The quantitative estimate of drug-likeness (QED) is 0.302. The van der Waals surface area contributed by atoms with Crippen molar-refractivity contribution in [1.29, 1.82) is 0 Å². The molecule has 94 valence electrons. The molecule has 0 fully saturated rings. The third kappa shape index (κ3) is 8.10. The fraction of sp³-hybridized carbons (Fsp3) is 0.750. The number of hydrogen-bond donors (Lipinski definition) is 4. The summed E-state index contributed by atoms with van der Waals surface area (Å²) in [7, 11) is 0. The standard InChI is InChI=1S/C8H14O6Se2/c9-5(7(11)12)1-3-15-16-4-2-6(10)8(13)14/h5-6,9-10H,1-4H2,(H,11,12)(H,13,14). The van der Waals surface area contributed by atoms with Gasteiger partial charge in [0.15, 0.2) is 0 Å². The number of aliphatic hydroxyl groups is 2. The van der Waals surface area contributed by atoms with E-state index >= 15 is 0 Å². The van der Waals surface area contributed by atoms with E-state index in [4.69, 9.17) is 20.4 Å². The summed E-state index contributed by atoms with van der Waals surface area (Å²) in [6, 6.07) is 0. The van der Waals surface area contributed by atoms with Gasteiger partial charge in [0.2, 0.25) is 0 Å². The van der Waals surface area contributed by atoms with E-state index in [1.807, 2.05) is 0 Å². The Morgan fingerprint density at radius 1 is 0.875 bits per heavy atom. The average molecular weight is 364 g/mol. The zero-order valence-electron chi connectivity index (χ0n) is 8.40. The van der Waals surface area contributed by atoms with Gasteiger partial charge in [-0.3, -0.25) is 0 Å². The van der Waals surface area contributed by atoms with E-state index in [9.17, 15) is 9.59 Å². The third-order valence-corrected chi connectivity index (χ3v) is 9.09. The van der Waals surface area contributed by atoms with Crippen LogP contribution in [-0.2, 0) is 9.59 Å². The molecule has 0 spiro atoms. The van der Waals surface area contributed by atoms with Crippen LogP contribution in [0.4, 0.5) is 0 Å². The van der Waals surface area contributed by atoms with Gasteiger partial charge in [0.1, 0.15) is 0 Å². The second-order valence-corrected chi connectivity index (χ2v) is 10.8. The number of aliphatic hydroxyl groups excluding tert-OH is 2. The topological polar surface area (TPSA) is 115 Å². The van der Waals surface area contributed by atoms with Crippen molar-refractivity contribution in [2.24, 2.45) is 0 Å². The normalized spacial score (nSPS) is 14.4. The van der Waals surface area contributed by atoms with E-state index in [1.165, 1.54) is 0 Å². The number of carboxylic acids is 2. The van der Waals surface area contributed by atoms with Gasteiger partial charge in [-0.15, -0.1) is 0 Å². The Balaban J connectivity index is 3.34. The molecule has 0 aromatic heterocycles. The summed E-state index contributed by atoms with van der Waals surface area (Å²) >= 11 is 0.503. The predicted molar refractivity (Wildman–Crippen MR) is 57.6 cm³/mol. The number of carboxylic acid groups (broad SMARTS) is 2. The molecule has 0 rings (SSSR count). The SMILES string of the molecule is O=C(O)C(O)CC[Se][Se]CCC(O)C(=O)O. The van der Waals surface area contributed by atoms with Crippen LogP contribution in [0.2, 0.25) is 10.6 Å². The molecule has 0 heterocycles. The molecule has 0 aliphatic heterocycles. The Morgan fingerprint density at radius 2 is 1.19 bits per heavy atom. The molecule has 2 atom stereocenters. The summed E-state index contributed by atoms with van der Waals surface area (Å²) in [4.78, 5) is 20.5. The molecule has 0 aliphatic rings. The van der Waals surface area contributed by atoms with Gasteiger partial charge in [-0.05, 0) is 0 Å². The molecule has 0 aromatic rings. The minimum atomic E-state index is -1.29. The molecule has 4 N–H and O–H groups in total. The van der Waals surface area contributed by atoms with E-state index in [1.54, 1.807) is 0 Å². The molecule has 8 heteroatoms. The van der Waals surface area contributed by atoms with Crippen LogP contribution in [0.5, 0.6) is 0 Å². The summed E-state index contributed by atoms with van der Waals surface area (Å²) in [5.74, 6) is -2.41. The molecular formula is C8H14O6Se2. The first-order chi connectivity index (χ1) is 7.45. The van der Waals surface area contributed by atoms with Crippen LogP contribution in [-0.4, -0.2) is 70.8 Å². The van der Waals surface area contributed by atoms with Gasteiger partial charge in [-0.2, -0.15) is 0 Å². The van der Waals surface area contributed by atoms with Crippen molar-refractivity contribution in [3.8, 4) is 0 Å². The van der Waals surface area contributed by atoms with Gasteiger partial charge in [-0.1, -0.05) is 0 Å². The Bertz CT molecular complexity index is 211. The van der Waals surface area contributed by atoms with Crippen molar-refractivity contribution in [1.82, 2.24) is 0 Å². The Hall–Kier alpha value is -0.101. The van der Waals surface area contributed by atoms with Gasteiger partial charge < -0.3 is 0 Å². The molecule has 0 aromatic carbocycles. The summed E-state index contributed by atoms with van der Waals surface area (Å²) in [5.41, 5.74) is 0. The van der Waals surface area contributed by atoms with E-state index in [0.717, 1.165) is 0 Å². The van der Waals surface area contributed by atoms with Gasteiger partial charge >= 0.3 is 104 Å². The molecule has 2 unspecified atom stereocenters. The zero-order valence-corrected chi connectivity index (χ0v) is 11.8. The van der Waals surface area contributed by atoms with Crippen molar-refractivity contribution in [2.45, 2.75) is 35.7 Å². The molecule has 0 amide bonds. The van der Waals surface area contributed by atoms with Crippen LogP contribution in [0.3, 0.4) is 0 Å². The van der Waals surface area contributed by atoms with Crippen LogP contribution in [0.1, 0.15) is 12.8 Å². The van der Waals surface area contributed by atoms with Gasteiger partial charge in [0.05, 0.1) is 0 Å². The molecule has 0 saturated carbocycles. The van der Waals surface area contributed by atoms with Crippen LogP contribution in [0, 0.1) is 0 Å². The summed E-state index contributed by atoms with van der Waals surface area (Å²) in [5, 5.41) is 36.0. The van der Waals surface area contributed by atoms with Crippen molar-refractivity contribution in [2.75, 3.05) is 0 Å². The first-order valence-electron chi connectivity index (χ1n) is 4.51. The molecule has 16 heavy (non-hydrogen) atoms. The molecule has 0 aliphatic carbocycles. The number of carbonyl (C=O) groups is 2. The minimum absolute atomic E-state index is 0.249. The Kier molecular flexibility index (Phi) is 8.93. The summed E-state index contributed by atoms with van der Waals surface area (Å²) in [6.45, 7) is 0. The molecule has 0 saturated heterocycles. The molecular weight excluding hydrogens is 350 g/mol. The van der Waals surface area contributed by atoms with Crippen LogP contribution >= 0.6 is 0 Å². The van der Waals surface area contributed by atoms with E-state index in [0.29, 0.717) is 10.6 Å². The van der Waals surface area contributed by atoms with Crippen molar-refractivity contribution in [3.05, 3.63) is 0 Å². The first-order valence-corrected chi connectivity index (χ1v) is 11.3. The average Bonchev–Trinajstić information content (AvgIpc) is 2.21. The Labute approximate surface area is 104 Å². The fourth-order valence-electron chi connectivity index (χ4n) is 0.684. The number of rotatable bonds is 9. The first kappa shape index (κ1) is 15.9. The third-order valence-electron chi connectivity index (χ3n) is 1.60. The number of aliphatic carboxylic acids is 2. The van der Waals surface area contributed by atoms with Crippen molar-refractivity contribution < 1.29 is 30.0 Å². The second-order valence-electron chi connectivity index (χ2n) is 2.93. The van der Waals surface area contributed by atoms with Crippen LogP contribution in [0.25, 0.3) is 0 Å². The predicted octanol–water partition coefficient (Wildman–Crippen LogP) is -1.18. The van der Waals surface area contributed by atoms with Crippen LogP contribution < -0.4 is 0 Å². The summed E-state index contributed by atoms with van der Waals surface area (Å²) < 4.78 is 0. The number of hydrogen-bond acceptors (Lipinski definition) is 4.